The molecule has 170 valence electrons. The Hall–Kier alpha value is -2.24. The Morgan fingerprint density at radius 1 is 1.06 bits per heavy atom. The number of methoxy groups -OCH3 is 1. The van der Waals surface area contributed by atoms with Gasteiger partial charge in [0.05, 0.1) is 0 Å². The summed E-state index contributed by atoms with van der Waals surface area (Å²) in [7, 11) is 1.84. The van der Waals surface area contributed by atoms with E-state index in [1.165, 1.54) is 24.8 Å². The molecule has 32 heavy (non-hydrogen) atoms. The van der Waals surface area contributed by atoms with Crippen molar-refractivity contribution < 1.29 is 9.53 Å². The summed E-state index contributed by atoms with van der Waals surface area (Å²) >= 11 is 0. The predicted octanol–water partition coefficient (Wildman–Crippen LogP) is 4.26. The molecule has 5 rings (SSSR count). The Morgan fingerprint density at radius 3 is 2.31 bits per heavy atom. The van der Waals surface area contributed by atoms with Crippen LogP contribution in [0.4, 0.5) is 0 Å². The molecule has 2 unspecified atom stereocenters. The van der Waals surface area contributed by atoms with E-state index in [0.29, 0.717) is 17.5 Å². The lowest BCUT2D eigenvalue weighted by atomic mass is 9.54. The molecule has 1 aromatic heterocycles. The summed E-state index contributed by atoms with van der Waals surface area (Å²) in [4.78, 5) is 18.7. The van der Waals surface area contributed by atoms with Gasteiger partial charge in [0.25, 0.3) is 5.91 Å². The number of likely N-dealkylation sites (tertiary alicyclic amines) is 1. The van der Waals surface area contributed by atoms with Crippen LogP contribution in [0.15, 0.2) is 48.7 Å². The minimum atomic E-state index is -0.483. The molecule has 2 aliphatic carbocycles. The number of aromatic nitrogens is 1. The number of amides is 1. The summed E-state index contributed by atoms with van der Waals surface area (Å²) in [6.07, 6.45) is 7.59. The average molecular weight is 434 g/mol. The van der Waals surface area contributed by atoms with Gasteiger partial charge in [-0.1, -0.05) is 43.7 Å². The van der Waals surface area contributed by atoms with Crippen LogP contribution in [0.3, 0.4) is 0 Å². The Bertz CT molecular complexity index is 985. The van der Waals surface area contributed by atoms with E-state index in [-0.39, 0.29) is 16.6 Å². The highest BCUT2D eigenvalue weighted by molar-refractivity contribution is 5.90. The number of pyridine rings is 1. The highest BCUT2D eigenvalue weighted by Gasteiger charge is 2.59. The van der Waals surface area contributed by atoms with Gasteiger partial charge in [0.1, 0.15) is 11.3 Å². The molecule has 2 aromatic rings. The van der Waals surface area contributed by atoms with Crippen LogP contribution in [0.5, 0.6) is 0 Å². The topological polar surface area (TPSA) is 68.5 Å². The second kappa shape index (κ2) is 7.67. The number of benzene rings is 1. The van der Waals surface area contributed by atoms with Crippen molar-refractivity contribution in [3.8, 4) is 0 Å². The van der Waals surface area contributed by atoms with Crippen molar-refractivity contribution in [1.29, 1.82) is 0 Å². The monoisotopic (exact) mass is 433 g/mol. The average Bonchev–Trinajstić information content (AvgIpc) is 2.77. The third-order valence-corrected chi connectivity index (χ3v) is 8.78. The van der Waals surface area contributed by atoms with Gasteiger partial charge in [0.15, 0.2) is 0 Å². The smallest absolute Gasteiger partial charge is 0.267 e. The first-order chi connectivity index (χ1) is 15.3. The molecule has 1 amide bonds. The fraction of sp³-hybridized carbons (Fsp3) is 0.556. The Kier molecular flexibility index (Phi) is 5.18. The van der Waals surface area contributed by atoms with Gasteiger partial charge in [0, 0.05) is 43.8 Å². The fourth-order valence-electron chi connectivity index (χ4n) is 7.50. The first-order valence-corrected chi connectivity index (χ1v) is 11.9. The number of rotatable bonds is 5. The van der Waals surface area contributed by atoms with Crippen molar-refractivity contribution in [2.45, 2.75) is 62.5 Å². The zero-order valence-corrected chi connectivity index (χ0v) is 19.5. The van der Waals surface area contributed by atoms with Crippen molar-refractivity contribution in [2.24, 2.45) is 17.6 Å². The maximum atomic E-state index is 11.8. The third kappa shape index (κ3) is 3.20. The van der Waals surface area contributed by atoms with E-state index < -0.39 is 5.91 Å². The number of carbonyl (C=O) groups is 1. The van der Waals surface area contributed by atoms with Crippen LogP contribution < -0.4 is 5.73 Å². The summed E-state index contributed by atoms with van der Waals surface area (Å²) in [5, 5.41) is 0. The van der Waals surface area contributed by atoms with Crippen molar-refractivity contribution in [2.75, 3.05) is 20.2 Å². The molecule has 3 aliphatic rings. The Labute approximate surface area is 191 Å². The van der Waals surface area contributed by atoms with Gasteiger partial charge in [-0.05, 0) is 61.3 Å². The maximum absolute atomic E-state index is 11.8. The number of hydrogen-bond acceptors (Lipinski definition) is 4. The first-order valence-electron chi connectivity index (χ1n) is 11.9. The standard InChI is InChI=1S/C27H35N3O2/c1-25(19-8-5-4-6-9-19)17-26(2,18-25)30-15-21-10-7-11-22(16-30)27(21,32-3)20-12-13-29-23(14-20)24(28)31/h4-6,8-9,12-14,21-22H,7,10-11,15-18H2,1-3H3,(H2,28,31). The van der Waals surface area contributed by atoms with Gasteiger partial charge in [-0.15, -0.1) is 0 Å². The minimum Gasteiger partial charge on any atom is -0.373 e. The van der Waals surface area contributed by atoms with Crippen molar-refractivity contribution in [3.63, 3.8) is 0 Å². The molecular weight excluding hydrogens is 398 g/mol. The van der Waals surface area contributed by atoms with Crippen LogP contribution in [0.25, 0.3) is 0 Å². The van der Waals surface area contributed by atoms with E-state index in [0.717, 1.165) is 31.5 Å². The first kappa shape index (κ1) is 21.6. The summed E-state index contributed by atoms with van der Waals surface area (Å²) in [5.74, 6) is 0.301. The molecule has 0 spiro atoms. The second-order valence-corrected chi connectivity index (χ2v) is 10.8. The van der Waals surface area contributed by atoms with Gasteiger partial charge in [-0.3, -0.25) is 14.7 Å². The van der Waals surface area contributed by atoms with E-state index >= 15 is 0 Å². The molecule has 2 bridgehead atoms. The van der Waals surface area contributed by atoms with Crippen molar-refractivity contribution in [3.05, 3.63) is 65.5 Å². The molecule has 2 heterocycles. The Morgan fingerprint density at radius 2 is 1.72 bits per heavy atom. The molecule has 1 aromatic carbocycles. The SMILES string of the molecule is COC1(c2ccnc(C(N)=O)c2)C2CCCC1CN(C1(C)CC(C)(c3ccccc3)C1)C2. The van der Waals surface area contributed by atoms with Crippen LogP contribution in [0.1, 0.15) is 67.6 Å². The normalized spacial score (nSPS) is 37.0. The summed E-state index contributed by atoms with van der Waals surface area (Å²) in [5.41, 5.74) is 8.48. The van der Waals surface area contributed by atoms with E-state index in [1.54, 1.807) is 6.20 Å². The highest BCUT2D eigenvalue weighted by atomic mass is 16.5. The van der Waals surface area contributed by atoms with Gasteiger partial charge in [-0.2, -0.15) is 0 Å². The fourth-order valence-corrected chi connectivity index (χ4v) is 7.50. The number of piperidine rings is 1. The number of fused-ring (bicyclic) bond motifs is 2. The van der Waals surface area contributed by atoms with Crippen molar-refractivity contribution >= 4 is 5.91 Å². The van der Waals surface area contributed by atoms with E-state index in [9.17, 15) is 4.79 Å². The van der Waals surface area contributed by atoms with Gasteiger partial charge in [0.2, 0.25) is 0 Å². The predicted molar refractivity (Wildman–Crippen MR) is 125 cm³/mol. The molecule has 2 saturated carbocycles. The van der Waals surface area contributed by atoms with E-state index in [1.807, 2.05) is 19.2 Å². The van der Waals surface area contributed by atoms with Gasteiger partial charge >= 0.3 is 0 Å². The highest BCUT2D eigenvalue weighted by Crippen LogP contribution is 2.58. The van der Waals surface area contributed by atoms with Crippen LogP contribution in [-0.2, 0) is 15.8 Å². The molecule has 0 radical (unpaired) electrons. The summed E-state index contributed by atoms with van der Waals surface area (Å²) in [6.45, 7) is 6.92. The molecule has 1 saturated heterocycles. The zero-order valence-electron chi connectivity index (χ0n) is 19.5. The molecular formula is C27H35N3O2. The number of nitrogens with two attached hydrogens (primary N) is 1. The summed E-state index contributed by atoms with van der Waals surface area (Å²) in [6, 6.07) is 14.9. The second-order valence-electron chi connectivity index (χ2n) is 10.8. The lowest BCUT2D eigenvalue weighted by molar-refractivity contribution is -0.194. The number of carbonyl (C=O) groups excluding carboxylic acids is 1. The number of ether oxygens (including phenoxy) is 1. The lowest BCUT2D eigenvalue weighted by Crippen LogP contribution is -2.68. The Balaban J connectivity index is 1.41. The third-order valence-electron chi connectivity index (χ3n) is 8.78. The van der Waals surface area contributed by atoms with Crippen LogP contribution in [-0.4, -0.2) is 41.5 Å². The number of primary amides is 1. The largest absolute Gasteiger partial charge is 0.373 e. The summed E-state index contributed by atoms with van der Waals surface area (Å²) < 4.78 is 6.38. The van der Waals surface area contributed by atoms with Crippen LogP contribution >= 0.6 is 0 Å². The zero-order chi connectivity index (χ0) is 22.6. The van der Waals surface area contributed by atoms with Gasteiger partial charge < -0.3 is 10.5 Å². The molecule has 2 N–H and O–H groups in total. The molecule has 1 aliphatic heterocycles. The molecule has 3 fully saturated rings. The van der Waals surface area contributed by atoms with Crippen LogP contribution in [0, 0.1) is 11.8 Å². The molecule has 2 atom stereocenters. The molecule has 5 nitrogen and oxygen atoms in total. The van der Waals surface area contributed by atoms with Gasteiger partial charge in [-0.25, -0.2) is 0 Å². The number of hydrogen-bond donors (Lipinski definition) is 1. The maximum Gasteiger partial charge on any atom is 0.267 e. The number of nitrogens with zero attached hydrogens (tertiary/aromatic N) is 2. The lowest BCUT2D eigenvalue weighted by Gasteiger charge is -2.64. The van der Waals surface area contributed by atoms with Crippen molar-refractivity contribution in [1.82, 2.24) is 9.88 Å². The van der Waals surface area contributed by atoms with E-state index in [4.69, 9.17) is 10.5 Å². The minimum absolute atomic E-state index is 0.217. The van der Waals surface area contributed by atoms with Crippen LogP contribution in [0.2, 0.25) is 0 Å². The quantitative estimate of drug-likeness (QED) is 0.765. The molecule has 5 heteroatoms. The van der Waals surface area contributed by atoms with E-state index in [2.05, 4.69) is 54.1 Å².